The van der Waals surface area contributed by atoms with Gasteiger partial charge in [0.05, 0.1) is 10.0 Å². The van der Waals surface area contributed by atoms with Gasteiger partial charge in [0.1, 0.15) is 11.5 Å². The second-order valence-electron chi connectivity index (χ2n) is 7.13. The molecule has 0 atom stereocenters. The first-order valence-electron chi connectivity index (χ1n) is 9.08. The predicted molar refractivity (Wildman–Crippen MR) is 113 cm³/mol. The zero-order valence-electron chi connectivity index (χ0n) is 15.3. The number of hydrogen-bond donors (Lipinski definition) is 1. The molecule has 2 heterocycles. The number of nitrogens with zero attached hydrogens (tertiary/aromatic N) is 4. The zero-order valence-corrected chi connectivity index (χ0v) is 16.8. The Morgan fingerprint density at radius 2 is 1.70 bits per heavy atom. The second-order valence-corrected chi connectivity index (χ2v) is 7.95. The number of benzene rings is 1. The number of fused-ring (bicyclic) bond motifs is 1. The van der Waals surface area contributed by atoms with E-state index < -0.39 is 0 Å². The van der Waals surface area contributed by atoms with Gasteiger partial charge in [-0.3, -0.25) is 0 Å². The van der Waals surface area contributed by atoms with Crippen LogP contribution in [-0.4, -0.2) is 35.3 Å². The molecular formula is C20H21Cl2N5. The molecule has 0 radical (unpaired) electrons. The van der Waals surface area contributed by atoms with Crippen molar-refractivity contribution in [3.05, 3.63) is 40.5 Å². The second kappa shape index (κ2) is 7.49. The van der Waals surface area contributed by atoms with E-state index in [1.165, 1.54) is 12.8 Å². The number of hydrogen-bond acceptors (Lipinski definition) is 5. The zero-order chi connectivity index (χ0) is 19.0. The molecule has 5 nitrogen and oxygen atoms in total. The van der Waals surface area contributed by atoms with Crippen LogP contribution in [0.3, 0.4) is 0 Å². The summed E-state index contributed by atoms with van der Waals surface area (Å²) in [5.74, 6) is 1.65. The fourth-order valence-electron chi connectivity index (χ4n) is 3.52. The standard InChI is InChI=1S/C20H21Cl2N5/c1-27(2)18-8-7-12(11-23-18)19-14-9-16(21)17(22)10-15(14)20(26-25-19)24-13-5-3-4-6-13/h7-11,13H,3-6H2,1-2H3,(H,24,26). The van der Waals surface area contributed by atoms with Crippen molar-refractivity contribution in [2.45, 2.75) is 31.7 Å². The molecule has 1 N–H and O–H groups in total. The van der Waals surface area contributed by atoms with Gasteiger partial charge in [0.15, 0.2) is 5.82 Å². The summed E-state index contributed by atoms with van der Waals surface area (Å²) in [6.07, 6.45) is 6.62. The van der Waals surface area contributed by atoms with Gasteiger partial charge in [0, 0.05) is 42.7 Å². The van der Waals surface area contributed by atoms with Gasteiger partial charge in [-0.15, -0.1) is 10.2 Å². The minimum Gasteiger partial charge on any atom is -0.365 e. The molecule has 0 saturated heterocycles. The molecule has 2 aromatic heterocycles. The van der Waals surface area contributed by atoms with Crippen LogP contribution in [0.5, 0.6) is 0 Å². The third-order valence-electron chi connectivity index (χ3n) is 5.00. The van der Waals surface area contributed by atoms with Crippen molar-refractivity contribution in [1.29, 1.82) is 0 Å². The van der Waals surface area contributed by atoms with Crippen LogP contribution < -0.4 is 10.2 Å². The molecule has 3 aromatic rings. The molecule has 0 aliphatic heterocycles. The lowest BCUT2D eigenvalue weighted by molar-refractivity contribution is 0.748. The summed E-state index contributed by atoms with van der Waals surface area (Å²) in [6.45, 7) is 0. The third kappa shape index (κ3) is 3.66. The van der Waals surface area contributed by atoms with Crippen LogP contribution in [0.4, 0.5) is 11.6 Å². The van der Waals surface area contributed by atoms with E-state index in [0.29, 0.717) is 16.1 Å². The smallest absolute Gasteiger partial charge is 0.156 e. The summed E-state index contributed by atoms with van der Waals surface area (Å²) in [4.78, 5) is 6.45. The molecule has 0 unspecified atom stereocenters. The maximum atomic E-state index is 6.31. The summed E-state index contributed by atoms with van der Waals surface area (Å²) in [7, 11) is 3.92. The van der Waals surface area contributed by atoms with Crippen molar-refractivity contribution in [2.75, 3.05) is 24.3 Å². The van der Waals surface area contributed by atoms with Gasteiger partial charge in [-0.2, -0.15) is 0 Å². The van der Waals surface area contributed by atoms with Gasteiger partial charge in [0.2, 0.25) is 0 Å². The molecule has 0 spiro atoms. The van der Waals surface area contributed by atoms with Crippen molar-refractivity contribution < 1.29 is 0 Å². The highest BCUT2D eigenvalue weighted by atomic mass is 35.5. The lowest BCUT2D eigenvalue weighted by Gasteiger charge is -2.16. The van der Waals surface area contributed by atoms with Crippen LogP contribution >= 0.6 is 23.2 Å². The van der Waals surface area contributed by atoms with E-state index in [0.717, 1.165) is 46.5 Å². The Morgan fingerprint density at radius 1 is 1.00 bits per heavy atom. The van der Waals surface area contributed by atoms with Crippen LogP contribution in [0.1, 0.15) is 25.7 Å². The molecule has 27 heavy (non-hydrogen) atoms. The number of pyridine rings is 1. The maximum absolute atomic E-state index is 6.31. The highest BCUT2D eigenvalue weighted by Crippen LogP contribution is 2.36. The largest absolute Gasteiger partial charge is 0.365 e. The van der Waals surface area contributed by atoms with E-state index in [2.05, 4.69) is 20.5 Å². The molecule has 0 bridgehead atoms. The average molecular weight is 402 g/mol. The lowest BCUT2D eigenvalue weighted by Crippen LogP contribution is -2.16. The maximum Gasteiger partial charge on any atom is 0.156 e. The molecule has 4 rings (SSSR count). The van der Waals surface area contributed by atoms with E-state index in [4.69, 9.17) is 23.2 Å². The first-order chi connectivity index (χ1) is 13.0. The Labute approximate surface area is 168 Å². The monoisotopic (exact) mass is 401 g/mol. The lowest BCUT2D eigenvalue weighted by atomic mass is 10.1. The number of anilines is 2. The van der Waals surface area contributed by atoms with Crippen molar-refractivity contribution >= 4 is 45.6 Å². The number of rotatable bonds is 4. The van der Waals surface area contributed by atoms with Crippen molar-refractivity contribution in [3.63, 3.8) is 0 Å². The molecular weight excluding hydrogens is 381 g/mol. The summed E-state index contributed by atoms with van der Waals surface area (Å²) in [5.41, 5.74) is 1.64. The normalized spacial score (nSPS) is 14.7. The van der Waals surface area contributed by atoms with Gasteiger partial charge < -0.3 is 10.2 Å². The minimum absolute atomic E-state index is 0.434. The fourth-order valence-corrected chi connectivity index (χ4v) is 3.85. The molecule has 7 heteroatoms. The molecule has 140 valence electrons. The SMILES string of the molecule is CN(C)c1ccc(-c2nnc(NC3CCCC3)c3cc(Cl)c(Cl)cc23)cn1. The van der Waals surface area contributed by atoms with E-state index in [1.54, 1.807) is 0 Å². The van der Waals surface area contributed by atoms with Crippen molar-refractivity contribution in [1.82, 2.24) is 15.2 Å². The van der Waals surface area contributed by atoms with Crippen LogP contribution in [0.25, 0.3) is 22.0 Å². The quantitative estimate of drug-likeness (QED) is 0.632. The number of aromatic nitrogens is 3. The topological polar surface area (TPSA) is 53.9 Å². The molecule has 1 aliphatic carbocycles. The first-order valence-corrected chi connectivity index (χ1v) is 9.84. The van der Waals surface area contributed by atoms with Gasteiger partial charge in [-0.1, -0.05) is 36.0 Å². The van der Waals surface area contributed by atoms with Crippen molar-refractivity contribution in [2.24, 2.45) is 0 Å². The Balaban J connectivity index is 1.82. The fraction of sp³-hybridized carbons (Fsp3) is 0.350. The van der Waals surface area contributed by atoms with E-state index in [9.17, 15) is 0 Å². The Hall–Kier alpha value is -2.11. The summed E-state index contributed by atoms with van der Waals surface area (Å²) >= 11 is 12.6. The molecule has 1 aliphatic rings. The number of nitrogens with one attached hydrogen (secondary N) is 1. The Bertz CT molecular complexity index is 966. The number of halogens is 2. The van der Waals surface area contributed by atoms with Gasteiger partial charge >= 0.3 is 0 Å². The van der Waals surface area contributed by atoms with Crippen LogP contribution in [0, 0.1) is 0 Å². The minimum atomic E-state index is 0.434. The third-order valence-corrected chi connectivity index (χ3v) is 5.72. The molecule has 0 amide bonds. The highest BCUT2D eigenvalue weighted by molar-refractivity contribution is 6.43. The van der Waals surface area contributed by atoms with Crippen LogP contribution in [-0.2, 0) is 0 Å². The van der Waals surface area contributed by atoms with E-state index in [1.807, 2.05) is 49.5 Å². The summed E-state index contributed by atoms with van der Waals surface area (Å²) < 4.78 is 0. The Kier molecular flexibility index (Phi) is 5.06. The Morgan fingerprint density at radius 3 is 2.33 bits per heavy atom. The van der Waals surface area contributed by atoms with Crippen LogP contribution in [0.15, 0.2) is 30.5 Å². The highest BCUT2D eigenvalue weighted by Gasteiger charge is 2.19. The summed E-state index contributed by atoms with van der Waals surface area (Å²) in [6, 6.07) is 8.13. The average Bonchev–Trinajstić information content (AvgIpc) is 3.16. The van der Waals surface area contributed by atoms with Crippen molar-refractivity contribution in [3.8, 4) is 11.3 Å². The van der Waals surface area contributed by atoms with E-state index >= 15 is 0 Å². The predicted octanol–water partition coefficient (Wildman–Crippen LogP) is 5.42. The van der Waals surface area contributed by atoms with Gasteiger partial charge in [-0.05, 0) is 37.1 Å². The first kappa shape index (κ1) is 18.3. The van der Waals surface area contributed by atoms with Crippen LogP contribution in [0.2, 0.25) is 10.0 Å². The van der Waals surface area contributed by atoms with Gasteiger partial charge in [-0.25, -0.2) is 4.98 Å². The summed E-state index contributed by atoms with van der Waals surface area (Å²) in [5, 5.41) is 15.4. The van der Waals surface area contributed by atoms with Gasteiger partial charge in [0.25, 0.3) is 0 Å². The van der Waals surface area contributed by atoms with E-state index in [-0.39, 0.29) is 0 Å². The molecule has 1 aromatic carbocycles. The molecule has 1 fully saturated rings. The molecule has 1 saturated carbocycles.